The van der Waals surface area contributed by atoms with Gasteiger partial charge in [0, 0.05) is 54.3 Å². The first-order chi connectivity index (χ1) is 14.6. The van der Waals surface area contributed by atoms with Crippen molar-refractivity contribution in [3.05, 3.63) is 82.9 Å². The van der Waals surface area contributed by atoms with Crippen LogP contribution in [-0.2, 0) is 10.3 Å². The van der Waals surface area contributed by atoms with E-state index in [4.69, 9.17) is 9.47 Å². The molecule has 0 saturated heterocycles. The molecule has 0 saturated carbocycles. The van der Waals surface area contributed by atoms with E-state index in [0.717, 1.165) is 41.2 Å². The highest BCUT2D eigenvalue weighted by Gasteiger charge is 2.53. The molecule has 152 valence electrons. The summed E-state index contributed by atoms with van der Waals surface area (Å²) in [6.45, 7) is 6.07. The molecule has 30 heavy (non-hydrogen) atoms. The lowest BCUT2D eigenvalue weighted by atomic mass is 9.77. The number of esters is 1. The fourth-order valence-corrected chi connectivity index (χ4v) is 4.60. The highest BCUT2D eigenvalue weighted by atomic mass is 16.6. The maximum atomic E-state index is 12.9. The number of anilines is 2. The summed E-state index contributed by atoms with van der Waals surface area (Å²) in [6, 6.07) is 19.7. The molecule has 0 aliphatic carbocycles. The molecule has 0 amide bonds. The van der Waals surface area contributed by atoms with E-state index in [1.54, 1.807) is 0 Å². The van der Waals surface area contributed by atoms with Crippen molar-refractivity contribution in [3.8, 4) is 11.5 Å². The highest BCUT2D eigenvalue weighted by Crippen LogP contribution is 2.56. The van der Waals surface area contributed by atoms with Gasteiger partial charge < -0.3 is 19.7 Å². The number of rotatable bonds is 4. The zero-order chi connectivity index (χ0) is 20.9. The van der Waals surface area contributed by atoms with Gasteiger partial charge in [-0.1, -0.05) is 18.2 Å². The second-order valence-corrected chi connectivity index (χ2v) is 7.53. The van der Waals surface area contributed by atoms with E-state index in [0.29, 0.717) is 17.1 Å². The second kappa shape index (κ2) is 6.80. The van der Waals surface area contributed by atoms with Crippen LogP contribution in [0.5, 0.6) is 11.5 Å². The van der Waals surface area contributed by atoms with Gasteiger partial charge in [0.25, 0.3) is 0 Å². The van der Waals surface area contributed by atoms with Crippen molar-refractivity contribution >= 4 is 17.3 Å². The lowest BCUT2D eigenvalue weighted by Gasteiger charge is -2.37. The summed E-state index contributed by atoms with van der Waals surface area (Å²) in [5, 5.41) is 3.18. The maximum Gasteiger partial charge on any atom is 0.340 e. The average molecular weight is 400 g/mol. The smallest absolute Gasteiger partial charge is 0.340 e. The van der Waals surface area contributed by atoms with E-state index in [2.05, 4.69) is 30.1 Å². The highest BCUT2D eigenvalue weighted by molar-refractivity contribution is 5.97. The number of nitrogens with zero attached hydrogens (tertiary/aromatic N) is 1. The lowest BCUT2D eigenvalue weighted by Crippen LogP contribution is -2.33. The minimum atomic E-state index is -1.02. The van der Waals surface area contributed by atoms with Crippen LogP contribution in [0.25, 0.3) is 0 Å². The van der Waals surface area contributed by atoms with Gasteiger partial charge in [0.1, 0.15) is 11.5 Å². The van der Waals surface area contributed by atoms with Gasteiger partial charge in [-0.05, 0) is 50.2 Å². The van der Waals surface area contributed by atoms with Gasteiger partial charge in [-0.25, -0.2) is 4.79 Å². The van der Waals surface area contributed by atoms with E-state index in [9.17, 15) is 4.79 Å². The van der Waals surface area contributed by atoms with E-state index in [-0.39, 0.29) is 5.97 Å². The summed E-state index contributed by atoms with van der Waals surface area (Å²) < 4.78 is 12.6. The van der Waals surface area contributed by atoms with E-state index >= 15 is 0 Å². The summed E-state index contributed by atoms with van der Waals surface area (Å²) in [7, 11) is 1.87. The molecule has 5 nitrogen and oxygen atoms in total. The molecule has 2 heterocycles. The maximum absolute atomic E-state index is 12.9. The monoisotopic (exact) mass is 400 g/mol. The van der Waals surface area contributed by atoms with E-state index in [1.807, 2.05) is 61.6 Å². The molecule has 0 fully saturated rings. The Kier molecular flexibility index (Phi) is 4.21. The number of benzene rings is 3. The van der Waals surface area contributed by atoms with Gasteiger partial charge in [0.15, 0.2) is 5.60 Å². The van der Waals surface area contributed by atoms with Crippen molar-refractivity contribution in [2.45, 2.75) is 19.4 Å². The van der Waals surface area contributed by atoms with Crippen molar-refractivity contribution < 1.29 is 14.3 Å². The van der Waals surface area contributed by atoms with Crippen LogP contribution in [0, 0.1) is 0 Å². The Hall–Kier alpha value is -3.47. The van der Waals surface area contributed by atoms with Crippen LogP contribution in [0.1, 0.15) is 40.9 Å². The Morgan fingerprint density at radius 3 is 2.47 bits per heavy atom. The second-order valence-electron chi connectivity index (χ2n) is 7.53. The molecule has 1 atom stereocenters. The number of carbonyl (C=O) groups is 1. The van der Waals surface area contributed by atoms with Crippen molar-refractivity contribution in [2.24, 2.45) is 0 Å². The Balaban J connectivity index is 1.80. The van der Waals surface area contributed by atoms with Crippen LogP contribution < -0.4 is 15.0 Å². The van der Waals surface area contributed by atoms with Crippen LogP contribution >= 0.6 is 0 Å². The van der Waals surface area contributed by atoms with Crippen LogP contribution in [0.3, 0.4) is 0 Å². The van der Waals surface area contributed by atoms with Gasteiger partial charge in [-0.15, -0.1) is 0 Å². The summed E-state index contributed by atoms with van der Waals surface area (Å²) in [6.07, 6.45) is 0. The van der Waals surface area contributed by atoms with Gasteiger partial charge in [0.2, 0.25) is 0 Å². The number of nitrogens with one attached hydrogen (secondary N) is 1. The zero-order valence-electron chi connectivity index (χ0n) is 17.4. The fourth-order valence-electron chi connectivity index (χ4n) is 4.60. The van der Waals surface area contributed by atoms with Crippen LogP contribution in [0.15, 0.2) is 60.7 Å². The molecule has 2 aliphatic rings. The number of hydrogen-bond acceptors (Lipinski definition) is 5. The van der Waals surface area contributed by atoms with E-state index in [1.165, 1.54) is 0 Å². The minimum Gasteiger partial charge on any atom is -0.456 e. The molecule has 0 radical (unpaired) electrons. The van der Waals surface area contributed by atoms with Crippen molar-refractivity contribution in [2.75, 3.05) is 30.4 Å². The Labute approximate surface area is 176 Å². The van der Waals surface area contributed by atoms with Crippen molar-refractivity contribution in [1.82, 2.24) is 0 Å². The summed E-state index contributed by atoms with van der Waals surface area (Å²) in [4.78, 5) is 15.2. The molecule has 1 spiro atoms. The predicted molar refractivity (Wildman–Crippen MR) is 118 cm³/mol. The number of hydrogen-bond donors (Lipinski definition) is 1. The zero-order valence-corrected chi connectivity index (χ0v) is 17.4. The van der Waals surface area contributed by atoms with Crippen LogP contribution in [0.4, 0.5) is 11.4 Å². The van der Waals surface area contributed by atoms with Gasteiger partial charge in [-0.2, -0.15) is 0 Å². The topological polar surface area (TPSA) is 50.8 Å². The first-order valence-corrected chi connectivity index (χ1v) is 10.3. The fraction of sp³-hybridized carbons (Fsp3) is 0.240. The summed E-state index contributed by atoms with van der Waals surface area (Å²) in [5.74, 6) is 1.10. The molecule has 1 unspecified atom stereocenters. The molecule has 5 heteroatoms. The first kappa shape index (κ1) is 18.6. The lowest BCUT2D eigenvalue weighted by molar-refractivity contribution is 0.0224. The third-order valence-corrected chi connectivity index (χ3v) is 6.11. The molecule has 3 aromatic carbocycles. The molecular weight excluding hydrogens is 376 g/mol. The Morgan fingerprint density at radius 1 is 0.900 bits per heavy atom. The van der Waals surface area contributed by atoms with Crippen LogP contribution in [0.2, 0.25) is 0 Å². The Bertz CT molecular complexity index is 1150. The summed E-state index contributed by atoms with van der Waals surface area (Å²) >= 11 is 0. The molecule has 3 aromatic rings. The molecule has 0 aromatic heterocycles. The molecule has 0 bridgehead atoms. The largest absolute Gasteiger partial charge is 0.456 e. The predicted octanol–water partition coefficient (Wildman–Crippen LogP) is 5.14. The number of ether oxygens (including phenoxy) is 2. The molecular formula is C25H24N2O3. The van der Waals surface area contributed by atoms with Crippen molar-refractivity contribution in [3.63, 3.8) is 0 Å². The summed E-state index contributed by atoms with van der Waals surface area (Å²) in [5.41, 5.74) is 4.12. The Morgan fingerprint density at radius 2 is 1.70 bits per heavy atom. The molecule has 2 aliphatic heterocycles. The van der Waals surface area contributed by atoms with E-state index < -0.39 is 5.60 Å². The van der Waals surface area contributed by atoms with Gasteiger partial charge in [-0.3, -0.25) is 0 Å². The third kappa shape index (κ3) is 2.45. The normalized spacial score (nSPS) is 18.2. The van der Waals surface area contributed by atoms with Gasteiger partial charge >= 0.3 is 5.97 Å². The van der Waals surface area contributed by atoms with Crippen LogP contribution in [-0.4, -0.2) is 26.1 Å². The minimum absolute atomic E-state index is 0.313. The SMILES string of the molecule is CCN(CC)c1ccc2c(c1)Oc1ccc(NC)cc1C21OC(=O)c2ccccc21. The molecule has 1 N–H and O–H groups in total. The quantitative estimate of drug-likeness (QED) is 0.615. The molecule has 5 rings (SSSR count). The van der Waals surface area contributed by atoms with Gasteiger partial charge in [0.05, 0.1) is 5.56 Å². The third-order valence-electron chi connectivity index (χ3n) is 6.11. The standard InChI is InChI=1S/C25H24N2O3/c1-4-27(5-2)17-11-12-20-23(15-17)29-22-13-10-16(26-3)14-21(22)25(20)19-9-7-6-8-18(19)24(28)30-25/h6-15,26H,4-5H2,1-3H3. The number of carbonyl (C=O) groups excluding carboxylic acids is 1. The first-order valence-electron chi connectivity index (χ1n) is 10.3. The van der Waals surface area contributed by atoms with Crippen molar-refractivity contribution in [1.29, 1.82) is 0 Å². The average Bonchev–Trinajstić information content (AvgIpc) is 3.08. The number of fused-ring (bicyclic) bond motifs is 6.